The van der Waals surface area contributed by atoms with Crippen LogP contribution in [0.15, 0.2) is 18.5 Å². The maximum Gasteiger partial charge on any atom is 0.255 e. The quantitative estimate of drug-likeness (QED) is 0.338. The minimum atomic E-state index is -1.18. The highest BCUT2D eigenvalue weighted by atomic mass is 19.1. The summed E-state index contributed by atoms with van der Waals surface area (Å²) in [5.74, 6) is -0.726. The molecule has 3 aromatic rings. The molecule has 0 spiro atoms. The zero-order valence-corrected chi connectivity index (χ0v) is 22.0. The summed E-state index contributed by atoms with van der Waals surface area (Å²) < 4.78 is 25.8. The fourth-order valence-corrected chi connectivity index (χ4v) is 4.88. The number of H-pyrrole nitrogens is 1. The van der Waals surface area contributed by atoms with E-state index < -0.39 is 35.9 Å². The number of aliphatic hydroxyl groups is 2. The number of carbonyl (C=O) groups is 2. The number of rotatable bonds is 8. The van der Waals surface area contributed by atoms with Crippen LogP contribution < -0.4 is 14.8 Å². The number of nitrogens with zero attached hydrogens (tertiary/aromatic N) is 3. The Morgan fingerprint density at radius 1 is 1.26 bits per heavy atom. The number of fused-ring (bicyclic) bond motifs is 1. The number of amides is 2. The van der Waals surface area contributed by atoms with Gasteiger partial charge in [-0.3, -0.25) is 9.59 Å². The molecule has 1 aliphatic carbocycles. The third kappa shape index (κ3) is 5.39. The molecule has 1 saturated heterocycles. The number of benzene rings is 1. The second-order valence-electron chi connectivity index (χ2n) is 10.2. The van der Waals surface area contributed by atoms with Crippen molar-refractivity contribution in [3.8, 4) is 22.8 Å². The van der Waals surface area contributed by atoms with Gasteiger partial charge in [0.1, 0.15) is 29.4 Å². The summed E-state index contributed by atoms with van der Waals surface area (Å²) in [4.78, 5) is 39.1. The van der Waals surface area contributed by atoms with Crippen molar-refractivity contribution in [3.05, 3.63) is 35.5 Å². The normalized spacial score (nSPS) is 20.1. The SMILES string of the molecule is COc1cc(-c2ncnc3c(C(=O)N[C@H]4CN(C(=O)[C@H](C)O)CC[C@@H]4O)c(C)[nH]c23)c(OCC2CC2)cc1F. The molecule has 4 N–H and O–H groups in total. The molecular weight excluding hydrogens is 509 g/mol. The summed E-state index contributed by atoms with van der Waals surface area (Å²) in [5, 5.41) is 23.0. The third-order valence-corrected chi connectivity index (χ3v) is 7.24. The van der Waals surface area contributed by atoms with E-state index in [-0.39, 0.29) is 30.8 Å². The van der Waals surface area contributed by atoms with E-state index >= 15 is 0 Å². The smallest absolute Gasteiger partial charge is 0.255 e. The number of carbonyl (C=O) groups excluding carboxylic acids is 2. The van der Waals surface area contributed by atoms with Crippen LogP contribution in [0.1, 0.15) is 42.2 Å². The summed E-state index contributed by atoms with van der Waals surface area (Å²) in [5.41, 5.74) is 2.48. The van der Waals surface area contributed by atoms with Crippen molar-refractivity contribution in [3.63, 3.8) is 0 Å². The van der Waals surface area contributed by atoms with Gasteiger partial charge in [-0.1, -0.05) is 0 Å². The Kier molecular flexibility index (Phi) is 7.41. The summed E-state index contributed by atoms with van der Waals surface area (Å²) >= 11 is 0. The van der Waals surface area contributed by atoms with Crippen molar-refractivity contribution >= 4 is 22.8 Å². The molecule has 208 valence electrons. The summed E-state index contributed by atoms with van der Waals surface area (Å²) in [6.07, 6.45) is 1.69. The van der Waals surface area contributed by atoms with Crippen molar-refractivity contribution in [2.24, 2.45) is 5.92 Å². The number of nitrogens with one attached hydrogen (secondary N) is 2. The van der Waals surface area contributed by atoms with Crippen molar-refractivity contribution in [1.82, 2.24) is 25.2 Å². The second-order valence-corrected chi connectivity index (χ2v) is 10.2. The molecule has 0 unspecified atom stereocenters. The molecular formula is C27H32FN5O6. The lowest BCUT2D eigenvalue weighted by molar-refractivity contribution is -0.142. The van der Waals surface area contributed by atoms with Crippen LogP contribution in [0.5, 0.6) is 11.5 Å². The molecule has 3 heterocycles. The lowest BCUT2D eigenvalue weighted by Gasteiger charge is -2.37. The molecule has 11 nitrogen and oxygen atoms in total. The molecule has 2 aliphatic rings. The van der Waals surface area contributed by atoms with Crippen LogP contribution in [0.2, 0.25) is 0 Å². The largest absolute Gasteiger partial charge is 0.494 e. The zero-order valence-electron chi connectivity index (χ0n) is 22.0. The predicted molar refractivity (Wildman–Crippen MR) is 139 cm³/mol. The molecule has 2 amide bonds. The van der Waals surface area contributed by atoms with Crippen LogP contribution in [0, 0.1) is 18.7 Å². The van der Waals surface area contributed by atoms with Gasteiger partial charge in [0.25, 0.3) is 11.8 Å². The minimum absolute atomic E-state index is 0.0272. The topological polar surface area (TPSA) is 150 Å². The van der Waals surface area contributed by atoms with E-state index in [9.17, 15) is 24.2 Å². The standard InChI is InChI=1S/C27H32FN5O6/c1-13-22(26(36)32-18-10-33(7-6-19(18)35)27(37)14(2)34)24-25(31-13)23(29-12-30-24)16-8-21(38-3)17(28)9-20(16)39-11-15-4-5-15/h8-9,12,14-15,18-19,31,34-35H,4-7,10-11H2,1-3H3,(H,32,36)/t14-,18-,19-/m0/s1. The molecule has 1 saturated carbocycles. The van der Waals surface area contributed by atoms with E-state index in [2.05, 4.69) is 20.3 Å². The van der Waals surface area contributed by atoms with Gasteiger partial charge < -0.3 is 34.9 Å². The van der Waals surface area contributed by atoms with Gasteiger partial charge in [0.15, 0.2) is 11.6 Å². The predicted octanol–water partition coefficient (Wildman–Crippen LogP) is 1.94. The molecule has 5 rings (SSSR count). The van der Waals surface area contributed by atoms with Crippen LogP contribution >= 0.6 is 0 Å². The summed E-state index contributed by atoms with van der Waals surface area (Å²) in [6, 6.07) is 2.06. The second kappa shape index (κ2) is 10.8. The molecule has 2 aromatic heterocycles. The number of aryl methyl sites for hydroxylation is 1. The Balaban J connectivity index is 1.48. The van der Waals surface area contributed by atoms with Crippen molar-refractivity contribution < 1.29 is 33.7 Å². The number of ether oxygens (including phenoxy) is 2. The van der Waals surface area contributed by atoms with Gasteiger partial charge in [-0.2, -0.15) is 0 Å². The highest BCUT2D eigenvalue weighted by Crippen LogP contribution is 2.39. The first-order valence-corrected chi connectivity index (χ1v) is 13.0. The van der Waals surface area contributed by atoms with E-state index in [0.717, 1.165) is 12.8 Å². The Hall–Kier alpha value is -3.77. The number of aromatic nitrogens is 3. The van der Waals surface area contributed by atoms with Crippen molar-refractivity contribution in [2.75, 3.05) is 26.8 Å². The van der Waals surface area contributed by atoms with Gasteiger partial charge in [0.2, 0.25) is 0 Å². The lowest BCUT2D eigenvalue weighted by Crippen LogP contribution is -2.57. The Morgan fingerprint density at radius 3 is 2.72 bits per heavy atom. The molecule has 12 heteroatoms. The average molecular weight is 542 g/mol. The van der Waals surface area contributed by atoms with Crippen molar-refractivity contribution in [2.45, 2.75) is 51.4 Å². The number of hydrogen-bond acceptors (Lipinski definition) is 8. The van der Waals surface area contributed by atoms with Gasteiger partial charge >= 0.3 is 0 Å². The highest BCUT2D eigenvalue weighted by molar-refractivity contribution is 6.09. The fourth-order valence-electron chi connectivity index (χ4n) is 4.88. The molecule has 2 fully saturated rings. The Morgan fingerprint density at radius 2 is 2.03 bits per heavy atom. The minimum Gasteiger partial charge on any atom is -0.494 e. The molecule has 3 atom stereocenters. The van der Waals surface area contributed by atoms with E-state index in [4.69, 9.17) is 9.47 Å². The highest BCUT2D eigenvalue weighted by Gasteiger charge is 2.34. The van der Waals surface area contributed by atoms with Crippen LogP contribution in [-0.2, 0) is 4.79 Å². The molecule has 1 aromatic carbocycles. The number of likely N-dealkylation sites (tertiary alicyclic amines) is 1. The van der Waals surface area contributed by atoms with Crippen LogP contribution in [0.25, 0.3) is 22.3 Å². The van der Waals surface area contributed by atoms with Gasteiger partial charge in [0.05, 0.1) is 36.9 Å². The summed E-state index contributed by atoms with van der Waals surface area (Å²) in [6.45, 7) is 3.91. The number of halogens is 1. The first-order chi connectivity index (χ1) is 18.7. The maximum atomic E-state index is 14.6. The van der Waals surface area contributed by atoms with Crippen molar-refractivity contribution in [1.29, 1.82) is 0 Å². The zero-order chi connectivity index (χ0) is 27.8. The first-order valence-electron chi connectivity index (χ1n) is 13.0. The van der Waals surface area contributed by atoms with E-state index in [1.165, 1.54) is 37.4 Å². The van der Waals surface area contributed by atoms with Gasteiger partial charge in [-0.25, -0.2) is 14.4 Å². The van der Waals surface area contributed by atoms with E-state index in [0.29, 0.717) is 46.3 Å². The van der Waals surface area contributed by atoms with E-state index in [1.807, 2.05) is 0 Å². The number of hydrogen-bond donors (Lipinski definition) is 4. The molecule has 1 aliphatic heterocycles. The van der Waals surface area contributed by atoms with Crippen LogP contribution in [0.4, 0.5) is 4.39 Å². The van der Waals surface area contributed by atoms with Gasteiger partial charge in [-0.05, 0) is 45.1 Å². The van der Waals surface area contributed by atoms with Gasteiger partial charge in [-0.15, -0.1) is 0 Å². The summed E-state index contributed by atoms with van der Waals surface area (Å²) in [7, 11) is 1.37. The first kappa shape index (κ1) is 26.8. The fraction of sp³-hybridized carbons (Fsp3) is 0.481. The van der Waals surface area contributed by atoms with E-state index in [1.54, 1.807) is 6.92 Å². The molecule has 0 bridgehead atoms. The average Bonchev–Trinajstić information content (AvgIpc) is 3.67. The Bertz CT molecular complexity index is 1410. The number of aromatic amines is 1. The third-order valence-electron chi connectivity index (χ3n) is 7.24. The maximum absolute atomic E-state index is 14.6. The number of methoxy groups -OCH3 is 1. The lowest BCUT2D eigenvalue weighted by atomic mass is 10.0. The Labute approximate surface area is 224 Å². The molecule has 39 heavy (non-hydrogen) atoms. The number of aliphatic hydroxyl groups excluding tert-OH is 2. The number of piperidine rings is 1. The molecule has 0 radical (unpaired) electrons. The van der Waals surface area contributed by atoms with Crippen LogP contribution in [0.3, 0.4) is 0 Å². The monoisotopic (exact) mass is 541 g/mol. The van der Waals surface area contributed by atoms with Crippen LogP contribution in [-0.4, -0.2) is 86.9 Å². The van der Waals surface area contributed by atoms with Gasteiger partial charge in [0, 0.05) is 30.4 Å².